The van der Waals surface area contributed by atoms with Gasteiger partial charge >= 0.3 is 0 Å². The monoisotopic (exact) mass is 256 g/mol. The Labute approximate surface area is 104 Å². The number of nitrogens with one attached hydrogen (secondary N) is 2. The van der Waals surface area contributed by atoms with E-state index in [1.165, 1.54) is 12.1 Å². The van der Waals surface area contributed by atoms with E-state index < -0.39 is 0 Å². The van der Waals surface area contributed by atoms with Gasteiger partial charge < -0.3 is 10.6 Å². The maximum absolute atomic E-state index is 12.9. The Bertz CT molecular complexity index is 425. The molecule has 1 aromatic carbocycles. The van der Waals surface area contributed by atoms with E-state index in [0.29, 0.717) is 17.3 Å². The lowest BCUT2D eigenvalue weighted by atomic mass is 10.1. The molecule has 1 aliphatic heterocycles. The molecule has 1 heterocycles. The molecule has 0 bridgehead atoms. The van der Waals surface area contributed by atoms with Crippen molar-refractivity contribution in [1.29, 1.82) is 0 Å². The molecule has 0 aliphatic carbocycles. The Balaban J connectivity index is 2.10. The van der Waals surface area contributed by atoms with Gasteiger partial charge in [0.05, 0.1) is 10.7 Å². The summed E-state index contributed by atoms with van der Waals surface area (Å²) in [6.07, 6.45) is 2.73. The van der Waals surface area contributed by atoms with Crippen molar-refractivity contribution in [3.63, 3.8) is 0 Å². The van der Waals surface area contributed by atoms with Gasteiger partial charge in [-0.2, -0.15) is 0 Å². The average Bonchev–Trinajstić information content (AvgIpc) is 2.48. The summed E-state index contributed by atoms with van der Waals surface area (Å²) >= 11 is 5.90. The minimum absolute atomic E-state index is 0.0251. The highest BCUT2D eigenvalue weighted by molar-refractivity contribution is 6.33. The highest BCUT2D eigenvalue weighted by Gasteiger charge is 2.20. The first-order valence-electron chi connectivity index (χ1n) is 5.66. The van der Waals surface area contributed by atoms with Gasteiger partial charge in [0.2, 0.25) is 5.91 Å². The number of hydrogen-bond acceptors (Lipinski definition) is 2. The molecule has 5 heteroatoms. The van der Waals surface area contributed by atoms with E-state index in [4.69, 9.17) is 11.6 Å². The van der Waals surface area contributed by atoms with Crippen molar-refractivity contribution in [1.82, 2.24) is 5.32 Å². The normalized spacial score (nSPS) is 20.6. The van der Waals surface area contributed by atoms with Crippen molar-refractivity contribution in [3.8, 4) is 0 Å². The molecule has 1 unspecified atom stereocenters. The van der Waals surface area contributed by atoms with Crippen LogP contribution < -0.4 is 10.6 Å². The Morgan fingerprint density at radius 2 is 2.24 bits per heavy atom. The largest absolute Gasteiger partial charge is 0.372 e. The zero-order valence-electron chi connectivity index (χ0n) is 9.30. The summed E-state index contributed by atoms with van der Waals surface area (Å²) in [5.74, 6) is -0.409. The van der Waals surface area contributed by atoms with Crippen LogP contribution in [-0.2, 0) is 4.79 Å². The van der Waals surface area contributed by atoms with Crippen molar-refractivity contribution in [2.75, 3.05) is 11.9 Å². The van der Waals surface area contributed by atoms with Crippen LogP contribution in [0.5, 0.6) is 0 Å². The van der Waals surface area contributed by atoms with Crippen molar-refractivity contribution in [2.45, 2.75) is 25.3 Å². The fourth-order valence-electron chi connectivity index (χ4n) is 1.87. The van der Waals surface area contributed by atoms with Crippen molar-refractivity contribution >= 4 is 23.2 Å². The molecule has 1 fully saturated rings. The summed E-state index contributed by atoms with van der Waals surface area (Å²) in [4.78, 5) is 11.7. The summed E-state index contributed by atoms with van der Waals surface area (Å²) < 4.78 is 12.9. The molecule has 0 saturated carbocycles. The number of rotatable bonds is 2. The van der Waals surface area contributed by atoms with Crippen LogP contribution in [0.4, 0.5) is 10.1 Å². The minimum atomic E-state index is -0.383. The summed E-state index contributed by atoms with van der Waals surface area (Å²) in [6.45, 7) is 0.716. The lowest BCUT2D eigenvalue weighted by Crippen LogP contribution is -2.37. The van der Waals surface area contributed by atoms with Crippen LogP contribution in [0.2, 0.25) is 5.02 Å². The molecular weight excluding hydrogens is 243 g/mol. The van der Waals surface area contributed by atoms with Crippen LogP contribution in [0.1, 0.15) is 19.3 Å². The molecule has 0 radical (unpaired) electrons. The summed E-state index contributed by atoms with van der Waals surface area (Å²) in [5.41, 5.74) is 0.593. The van der Waals surface area contributed by atoms with E-state index >= 15 is 0 Å². The van der Waals surface area contributed by atoms with Gasteiger partial charge in [-0.1, -0.05) is 11.6 Å². The van der Waals surface area contributed by atoms with E-state index in [-0.39, 0.29) is 17.8 Å². The summed E-state index contributed by atoms with van der Waals surface area (Å²) in [6, 6.07) is 3.82. The predicted molar refractivity (Wildman–Crippen MR) is 65.7 cm³/mol. The molecule has 2 rings (SSSR count). The topological polar surface area (TPSA) is 41.1 Å². The Morgan fingerprint density at radius 1 is 1.41 bits per heavy atom. The van der Waals surface area contributed by atoms with Gasteiger partial charge in [0.1, 0.15) is 11.9 Å². The van der Waals surface area contributed by atoms with Crippen LogP contribution >= 0.6 is 11.6 Å². The van der Waals surface area contributed by atoms with Gasteiger partial charge in [-0.3, -0.25) is 4.79 Å². The third-order valence-corrected chi connectivity index (χ3v) is 3.11. The minimum Gasteiger partial charge on any atom is -0.372 e. The molecule has 0 aromatic heterocycles. The first kappa shape index (κ1) is 12.2. The van der Waals surface area contributed by atoms with Crippen molar-refractivity contribution < 1.29 is 9.18 Å². The first-order valence-corrected chi connectivity index (χ1v) is 6.04. The van der Waals surface area contributed by atoms with Gasteiger partial charge in [-0.05, 0) is 37.5 Å². The summed E-state index contributed by atoms with van der Waals surface area (Å²) in [7, 11) is 0. The molecular formula is C12H14ClFN2O. The Morgan fingerprint density at radius 3 is 3.00 bits per heavy atom. The van der Waals surface area contributed by atoms with Crippen LogP contribution in [-0.4, -0.2) is 18.5 Å². The number of anilines is 1. The third-order valence-electron chi connectivity index (χ3n) is 2.80. The molecule has 0 spiro atoms. The van der Waals surface area contributed by atoms with E-state index in [9.17, 15) is 9.18 Å². The number of hydrogen-bond donors (Lipinski definition) is 2. The van der Waals surface area contributed by atoms with Crippen molar-refractivity contribution in [2.24, 2.45) is 0 Å². The average molecular weight is 257 g/mol. The van der Waals surface area contributed by atoms with E-state index in [0.717, 1.165) is 19.3 Å². The highest BCUT2D eigenvalue weighted by Crippen LogP contribution is 2.24. The van der Waals surface area contributed by atoms with Crippen LogP contribution in [0.25, 0.3) is 0 Å². The highest BCUT2D eigenvalue weighted by atomic mass is 35.5. The smallest absolute Gasteiger partial charge is 0.242 e. The fourth-order valence-corrected chi connectivity index (χ4v) is 2.09. The molecule has 92 valence electrons. The molecule has 17 heavy (non-hydrogen) atoms. The van der Waals surface area contributed by atoms with Crippen LogP contribution in [0, 0.1) is 5.82 Å². The first-order chi connectivity index (χ1) is 8.16. The van der Waals surface area contributed by atoms with E-state index in [1.54, 1.807) is 6.07 Å². The maximum atomic E-state index is 12.9. The second-order valence-corrected chi connectivity index (χ2v) is 4.52. The Hall–Kier alpha value is -1.29. The maximum Gasteiger partial charge on any atom is 0.242 e. The van der Waals surface area contributed by atoms with Gasteiger partial charge in [0.15, 0.2) is 0 Å². The number of halogens is 2. The molecule has 1 saturated heterocycles. The molecule has 1 amide bonds. The standard InChI is InChI=1S/C12H14ClFN2O/c13-9-7-8(14)4-5-10(9)16-11-3-1-2-6-15-12(11)17/h4-5,7,11,16H,1-3,6H2,(H,15,17). The third kappa shape index (κ3) is 3.09. The molecule has 3 nitrogen and oxygen atoms in total. The number of carbonyl (C=O) groups is 1. The molecule has 1 aliphatic rings. The number of carbonyl (C=O) groups excluding carboxylic acids is 1. The quantitative estimate of drug-likeness (QED) is 0.854. The van der Waals surface area contributed by atoms with Gasteiger partial charge in [-0.15, -0.1) is 0 Å². The van der Waals surface area contributed by atoms with E-state index in [2.05, 4.69) is 10.6 Å². The lowest BCUT2D eigenvalue weighted by molar-refractivity contribution is -0.121. The molecule has 1 aromatic rings. The zero-order valence-corrected chi connectivity index (χ0v) is 10.1. The van der Waals surface area contributed by atoms with Gasteiger partial charge in [0.25, 0.3) is 0 Å². The zero-order chi connectivity index (χ0) is 12.3. The predicted octanol–water partition coefficient (Wildman–Crippen LogP) is 2.56. The number of amides is 1. The van der Waals surface area contributed by atoms with Crippen LogP contribution in [0.3, 0.4) is 0 Å². The lowest BCUT2D eigenvalue weighted by Gasteiger charge is -2.17. The molecule has 1 atom stereocenters. The second kappa shape index (κ2) is 5.36. The number of benzene rings is 1. The second-order valence-electron chi connectivity index (χ2n) is 4.11. The van der Waals surface area contributed by atoms with Crippen LogP contribution in [0.15, 0.2) is 18.2 Å². The van der Waals surface area contributed by atoms with E-state index in [1.807, 2.05) is 0 Å². The van der Waals surface area contributed by atoms with Gasteiger partial charge in [-0.25, -0.2) is 4.39 Å². The van der Waals surface area contributed by atoms with Gasteiger partial charge in [0, 0.05) is 6.54 Å². The fraction of sp³-hybridized carbons (Fsp3) is 0.417. The summed E-state index contributed by atoms with van der Waals surface area (Å²) in [5, 5.41) is 6.18. The molecule has 2 N–H and O–H groups in total. The SMILES string of the molecule is O=C1NCCCCC1Nc1ccc(F)cc1Cl. The Kier molecular flexibility index (Phi) is 3.84. The van der Waals surface area contributed by atoms with Crippen molar-refractivity contribution in [3.05, 3.63) is 29.0 Å².